The van der Waals surface area contributed by atoms with Crippen LogP contribution in [0, 0.1) is 18.6 Å². The van der Waals surface area contributed by atoms with E-state index in [1.54, 1.807) is 31.9 Å². The smallest absolute Gasteiger partial charge is 0.239 e. The number of aromatic nitrogens is 1. The number of nitrogens with one attached hydrogen (secondary N) is 1. The molecule has 0 aliphatic carbocycles. The molecule has 2 rings (SSSR count). The van der Waals surface area contributed by atoms with Crippen LogP contribution in [0.4, 0.5) is 14.6 Å². The molecule has 1 N–H and O–H groups in total. The number of nitrogens with zero attached hydrogens (tertiary/aromatic N) is 2. The maximum atomic E-state index is 13.3. The van der Waals surface area contributed by atoms with Crippen LogP contribution in [0.25, 0.3) is 0 Å². The van der Waals surface area contributed by atoms with Crippen LogP contribution in [-0.2, 0) is 4.79 Å². The molecule has 5 nitrogen and oxygen atoms in total. The van der Waals surface area contributed by atoms with Crippen molar-refractivity contribution in [3.05, 3.63) is 47.2 Å². The first-order chi connectivity index (χ1) is 10.4. The summed E-state index contributed by atoms with van der Waals surface area (Å²) >= 11 is 0. The first-order valence-electron chi connectivity index (χ1n) is 6.75. The molecule has 0 saturated heterocycles. The van der Waals surface area contributed by atoms with E-state index >= 15 is 0 Å². The number of carbonyl (C=O) groups is 1. The van der Waals surface area contributed by atoms with E-state index in [4.69, 9.17) is 4.52 Å². The number of likely N-dealkylation sites (N-methyl/N-ethyl adjacent to an activating group) is 1. The number of rotatable bonds is 5. The van der Waals surface area contributed by atoms with Crippen LogP contribution in [0.2, 0.25) is 0 Å². The van der Waals surface area contributed by atoms with Gasteiger partial charge < -0.3 is 9.84 Å². The summed E-state index contributed by atoms with van der Waals surface area (Å²) in [5.74, 6) is -1.13. The number of carbonyl (C=O) groups excluding carboxylic acids is 1. The van der Waals surface area contributed by atoms with Gasteiger partial charge in [-0.25, -0.2) is 8.78 Å². The largest absolute Gasteiger partial charge is 0.360 e. The van der Waals surface area contributed by atoms with Crippen molar-refractivity contribution in [3.63, 3.8) is 0 Å². The standard InChI is InChI=1S/C15H17F2N3O2/c1-9-6-14(19-22-9)18-15(21)8-20(3)10(2)11-4-5-12(16)13(17)7-11/h4-7,10H,8H2,1-3H3,(H,18,19,21). The lowest BCUT2D eigenvalue weighted by atomic mass is 10.1. The third kappa shape index (κ3) is 3.88. The van der Waals surface area contributed by atoms with Crippen LogP contribution in [0.15, 0.2) is 28.8 Å². The van der Waals surface area contributed by atoms with Gasteiger partial charge in [-0.05, 0) is 38.6 Å². The fourth-order valence-corrected chi connectivity index (χ4v) is 2.00. The van der Waals surface area contributed by atoms with Gasteiger partial charge in [0.25, 0.3) is 0 Å². The highest BCUT2D eigenvalue weighted by molar-refractivity contribution is 5.91. The third-order valence-corrected chi connectivity index (χ3v) is 3.38. The molecule has 0 aliphatic heterocycles. The summed E-state index contributed by atoms with van der Waals surface area (Å²) in [6, 6.07) is 5.07. The second kappa shape index (κ2) is 6.65. The van der Waals surface area contributed by atoms with E-state index in [1.807, 2.05) is 0 Å². The number of halogens is 2. The van der Waals surface area contributed by atoms with Crippen LogP contribution in [-0.4, -0.2) is 29.6 Å². The summed E-state index contributed by atoms with van der Waals surface area (Å²) in [5, 5.41) is 6.27. The van der Waals surface area contributed by atoms with Gasteiger partial charge in [0.05, 0.1) is 6.54 Å². The average Bonchev–Trinajstić information content (AvgIpc) is 2.86. The Morgan fingerprint density at radius 3 is 2.68 bits per heavy atom. The van der Waals surface area contributed by atoms with Crippen molar-refractivity contribution < 1.29 is 18.1 Å². The van der Waals surface area contributed by atoms with E-state index in [0.29, 0.717) is 17.1 Å². The molecular formula is C15H17F2N3O2. The fraction of sp³-hybridized carbons (Fsp3) is 0.333. The maximum absolute atomic E-state index is 13.3. The van der Waals surface area contributed by atoms with Gasteiger partial charge in [-0.3, -0.25) is 9.69 Å². The maximum Gasteiger partial charge on any atom is 0.239 e. The van der Waals surface area contributed by atoms with Crippen molar-refractivity contribution in [1.82, 2.24) is 10.1 Å². The van der Waals surface area contributed by atoms with Crippen molar-refractivity contribution in [2.24, 2.45) is 0 Å². The minimum atomic E-state index is -0.903. The molecule has 1 unspecified atom stereocenters. The van der Waals surface area contributed by atoms with E-state index in [1.165, 1.54) is 6.07 Å². The molecule has 1 atom stereocenters. The number of hydrogen-bond acceptors (Lipinski definition) is 4. The zero-order valence-corrected chi connectivity index (χ0v) is 12.6. The van der Waals surface area contributed by atoms with E-state index in [2.05, 4.69) is 10.5 Å². The molecule has 0 fully saturated rings. The Morgan fingerprint density at radius 2 is 2.09 bits per heavy atom. The highest BCUT2D eigenvalue weighted by Crippen LogP contribution is 2.20. The molecule has 0 spiro atoms. The van der Waals surface area contributed by atoms with Gasteiger partial charge >= 0.3 is 0 Å². The number of aryl methyl sites for hydroxylation is 1. The van der Waals surface area contributed by atoms with Gasteiger partial charge in [0.1, 0.15) is 5.76 Å². The third-order valence-electron chi connectivity index (χ3n) is 3.38. The SMILES string of the molecule is Cc1cc(NC(=O)CN(C)C(C)c2ccc(F)c(F)c2)no1. The van der Waals surface area contributed by atoms with E-state index in [9.17, 15) is 13.6 Å². The summed E-state index contributed by atoms with van der Waals surface area (Å²) in [6.45, 7) is 3.60. The second-order valence-corrected chi connectivity index (χ2v) is 5.14. The van der Waals surface area contributed by atoms with E-state index in [0.717, 1.165) is 12.1 Å². The molecule has 118 valence electrons. The minimum Gasteiger partial charge on any atom is -0.360 e. The van der Waals surface area contributed by atoms with Crippen LogP contribution in [0.1, 0.15) is 24.3 Å². The number of anilines is 1. The Kier molecular flexibility index (Phi) is 4.87. The van der Waals surface area contributed by atoms with E-state index < -0.39 is 11.6 Å². The van der Waals surface area contributed by atoms with Crippen LogP contribution >= 0.6 is 0 Å². The van der Waals surface area contributed by atoms with Gasteiger partial charge in [0, 0.05) is 12.1 Å². The lowest BCUT2D eigenvalue weighted by molar-refractivity contribution is -0.117. The summed E-state index contributed by atoms with van der Waals surface area (Å²) in [5.41, 5.74) is 0.589. The summed E-state index contributed by atoms with van der Waals surface area (Å²) in [7, 11) is 1.72. The zero-order valence-electron chi connectivity index (χ0n) is 12.6. The van der Waals surface area contributed by atoms with Gasteiger partial charge in [0.15, 0.2) is 17.5 Å². The van der Waals surface area contributed by atoms with Crippen molar-refractivity contribution in [2.45, 2.75) is 19.9 Å². The first kappa shape index (κ1) is 16.1. The molecule has 22 heavy (non-hydrogen) atoms. The Hall–Kier alpha value is -2.28. The predicted molar refractivity (Wildman–Crippen MR) is 77.3 cm³/mol. The Bertz CT molecular complexity index is 673. The molecule has 1 heterocycles. The van der Waals surface area contributed by atoms with Crippen molar-refractivity contribution >= 4 is 11.7 Å². The van der Waals surface area contributed by atoms with Gasteiger partial charge in [0.2, 0.25) is 5.91 Å². The lowest BCUT2D eigenvalue weighted by Gasteiger charge is -2.24. The molecule has 1 amide bonds. The van der Waals surface area contributed by atoms with Crippen molar-refractivity contribution in [3.8, 4) is 0 Å². The van der Waals surface area contributed by atoms with Gasteiger partial charge in [-0.15, -0.1) is 0 Å². The Balaban J connectivity index is 1.96. The summed E-state index contributed by atoms with van der Waals surface area (Å²) in [6.07, 6.45) is 0. The molecule has 1 aromatic carbocycles. The second-order valence-electron chi connectivity index (χ2n) is 5.14. The monoisotopic (exact) mass is 309 g/mol. The first-order valence-corrected chi connectivity index (χ1v) is 6.75. The molecule has 0 radical (unpaired) electrons. The van der Waals surface area contributed by atoms with E-state index in [-0.39, 0.29) is 18.5 Å². The van der Waals surface area contributed by atoms with Gasteiger partial charge in [-0.1, -0.05) is 11.2 Å². The van der Waals surface area contributed by atoms with Crippen molar-refractivity contribution in [2.75, 3.05) is 18.9 Å². The van der Waals surface area contributed by atoms with Gasteiger partial charge in [-0.2, -0.15) is 0 Å². The number of amides is 1. The van der Waals surface area contributed by atoms with Crippen molar-refractivity contribution in [1.29, 1.82) is 0 Å². The highest BCUT2D eigenvalue weighted by atomic mass is 19.2. The predicted octanol–water partition coefficient (Wildman–Crippen LogP) is 2.89. The number of hydrogen-bond donors (Lipinski definition) is 1. The highest BCUT2D eigenvalue weighted by Gasteiger charge is 2.17. The summed E-state index contributed by atoms with van der Waals surface area (Å²) < 4.78 is 31.1. The molecule has 1 aromatic heterocycles. The molecule has 7 heteroatoms. The number of benzene rings is 1. The normalized spacial score (nSPS) is 12.5. The lowest BCUT2D eigenvalue weighted by Crippen LogP contribution is -2.32. The Labute approximate surface area is 126 Å². The molecule has 0 saturated carbocycles. The minimum absolute atomic E-state index is 0.0755. The molecule has 0 bridgehead atoms. The van der Waals surface area contributed by atoms with Crippen LogP contribution in [0.5, 0.6) is 0 Å². The van der Waals surface area contributed by atoms with Crippen LogP contribution in [0.3, 0.4) is 0 Å². The zero-order chi connectivity index (χ0) is 16.3. The Morgan fingerprint density at radius 1 is 1.36 bits per heavy atom. The molecular weight excluding hydrogens is 292 g/mol. The topological polar surface area (TPSA) is 58.4 Å². The molecule has 0 aliphatic rings. The fourth-order valence-electron chi connectivity index (χ4n) is 2.00. The summed E-state index contributed by atoms with van der Waals surface area (Å²) in [4.78, 5) is 13.6. The molecule has 2 aromatic rings. The average molecular weight is 309 g/mol. The van der Waals surface area contributed by atoms with Crippen LogP contribution < -0.4 is 5.32 Å². The quantitative estimate of drug-likeness (QED) is 0.922.